The van der Waals surface area contributed by atoms with Crippen LogP contribution < -0.4 is 5.32 Å². The van der Waals surface area contributed by atoms with Gasteiger partial charge in [0.1, 0.15) is 6.04 Å². The molecule has 0 aromatic rings. The van der Waals surface area contributed by atoms with Gasteiger partial charge in [0.15, 0.2) is 5.78 Å². The molecule has 0 radical (unpaired) electrons. The zero-order valence-electron chi connectivity index (χ0n) is 15.4. The third kappa shape index (κ3) is 10.2. The highest BCUT2D eigenvalue weighted by Crippen LogP contribution is 2.06. The Bertz CT molecular complexity index is 499. The summed E-state index contributed by atoms with van der Waals surface area (Å²) in [6.45, 7) is 11.3. The van der Waals surface area contributed by atoms with Crippen molar-refractivity contribution in [1.82, 2.24) is 5.32 Å². The molecule has 142 valence electrons. The number of alkyl carbamates (subject to hydrolysis) is 1. The summed E-state index contributed by atoms with van der Waals surface area (Å²) in [5, 5.41) is 2.32. The van der Waals surface area contributed by atoms with Gasteiger partial charge in [-0.2, -0.15) is 0 Å². The van der Waals surface area contributed by atoms with Crippen LogP contribution in [0.4, 0.5) is 4.79 Å². The Labute approximate surface area is 147 Å². The molecule has 0 spiro atoms. The number of hydrogen-bond donors (Lipinski definition) is 1. The Kier molecular flexibility index (Phi) is 10.2. The molecule has 0 aliphatic heterocycles. The van der Waals surface area contributed by atoms with E-state index in [9.17, 15) is 19.2 Å². The second-order valence-electron chi connectivity index (χ2n) is 5.96. The first-order chi connectivity index (χ1) is 11.6. The number of amides is 1. The van der Waals surface area contributed by atoms with E-state index in [1.165, 1.54) is 6.92 Å². The highest BCUT2D eigenvalue weighted by atomic mass is 16.7. The van der Waals surface area contributed by atoms with Gasteiger partial charge in [0.25, 0.3) is 0 Å². The van der Waals surface area contributed by atoms with Gasteiger partial charge in [-0.15, -0.1) is 0 Å². The smallest absolute Gasteiger partial charge is 0.410 e. The Morgan fingerprint density at radius 2 is 1.56 bits per heavy atom. The Balaban J connectivity index is 4.72. The zero-order valence-corrected chi connectivity index (χ0v) is 15.4. The molecule has 8 nitrogen and oxygen atoms in total. The Morgan fingerprint density at radius 1 is 0.960 bits per heavy atom. The van der Waals surface area contributed by atoms with E-state index < -0.39 is 30.4 Å². The minimum Gasteiger partial charge on any atom is -0.461 e. The third-order valence-electron chi connectivity index (χ3n) is 2.86. The van der Waals surface area contributed by atoms with Crippen LogP contribution in [-0.4, -0.2) is 42.3 Å². The standard InChI is InChI=1S/C17H27NO7/c1-7-13(19)8-9-14(16(21)23-11(4)5)18-17(22)25-12(6)24-15(20)10(2)3/h7,10-12,14H,1,8-9H2,2-6H3,(H,18,22). The van der Waals surface area contributed by atoms with Gasteiger partial charge in [-0.05, 0) is 26.3 Å². The van der Waals surface area contributed by atoms with Crippen molar-refractivity contribution >= 4 is 23.8 Å². The maximum absolute atomic E-state index is 12.0. The highest BCUT2D eigenvalue weighted by Gasteiger charge is 2.26. The lowest BCUT2D eigenvalue weighted by molar-refractivity contribution is -0.169. The Hall–Kier alpha value is -2.38. The summed E-state index contributed by atoms with van der Waals surface area (Å²) in [5.41, 5.74) is 0. The van der Waals surface area contributed by atoms with Gasteiger partial charge in [0.2, 0.25) is 6.29 Å². The van der Waals surface area contributed by atoms with Gasteiger partial charge in [0, 0.05) is 13.3 Å². The van der Waals surface area contributed by atoms with Crippen molar-refractivity contribution in [3.63, 3.8) is 0 Å². The highest BCUT2D eigenvalue weighted by molar-refractivity contribution is 5.90. The minimum absolute atomic E-state index is 0.0134. The minimum atomic E-state index is -1.12. The third-order valence-corrected chi connectivity index (χ3v) is 2.86. The fraction of sp³-hybridized carbons (Fsp3) is 0.647. The second kappa shape index (κ2) is 11.2. The summed E-state index contributed by atoms with van der Waals surface area (Å²) in [5.74, 6) is -1.84. The average Bonchev–Trinajstić information content (AvgIpc) is 2.49. The number of hydrogen-bond acceptors (Lipinski definition) is 7. The lowest BCUT2D eigenvalue weighted by Gasteiger charge is -2.20. The molecule has 0 bridgehead atoms. The average molecular weight is 357 g/mol. The number of ketones is 1. The van der Waals surface area contributed by atoms with Gasteiger partial charge in [-0.1, -0.05) is 20.4 Å². The van der Waals surface area contributed by atoms with Crippen molar-refractivity contribution in [3.05, 3.63) is 12.7 Å². The molecular weight excluding hydrogens is 330 g/mol. The van der Waals surface area contributed by atoms with Gasteiger partial charge in [-0.25, -0.2) is 9.59 Å². The SMILES string of the molecule is C=CC(=O)CCC(NC(=O)OC(C)OC(=O)C(C)C)C(=O)OC(C)C. The lowest BCUT2D eigenvalue weighted by atomic mass is 10.1. The van der Waals surface area contributed by atoms with E-state index in [2.05, 4.69) is 11.9 Å². The number of carbonyl (C=O) groups excluding carboxylic acids is 4. The summed E-state index contributed by atoms with van der Waals surface area (Å²) < 4.78 is 14.8. The van der Waals surface area contributed by atoms with E-state index in [1.54, 1.807) is 27.7 Å². The van der Waals surface area contributed by atoms with E-state index in [0.29, 0.717) is 0 Å². The summed E-state index contributed by atoms with van der Waals surface area (Å²) in [4.78, 5) is 46.7. The maximum atomic E-state index is 12.0. The fourth-order valence-corrected chi connectivity index (χ4v) is 1.60. The molecular formula is C17H27NO7. The molecule has 2 unspecified atom stereocenters. The van der Waals surface area contributed by atoms with Crippen LogP contribution in [0.25, 0.3) is 0 Å². The zero-order chi connectivity index (χ0) is 19.6. The predicted molar refractivity (Wildman–Crippen MR) is 89.5 cm³/mol. The van der Waals surface area contributed by atoms with Crippen LogP contribution in [0.2, 0.25) is 0 Å². The lowest BCUT2D eigenvalue weighted by Crippen LogP contribution is -2.44. The van der Waals surface area contributed by atoms with Gasteiger partial charge in [-0.3, -0.25) is 9.59 Å². The number of carbonyl (C=O) groups is 4. The molecule has 0 aliphatic rings. The molecule has 0 saturated carbocycles. The number of ether oxygens (including phenoxy) is 3. The first-order valence-electron chi connectivity index (χ1n) is 8.10. The first kappa shape index (κ1) is 22.6. The number of allylic oxidation sites excluding steroid dienone is 1. The van der Waals surface area contributed by atoms with Crippen LogP contribution in [-0.2, 0) is 28.6 Å². The first-order valence-corrected chi connectivity index (χ1v) is 8.10. The molecule has 0 fully saturated rings. The normalized spacial score (nSPS) is 12.9. The van der Waals surface area contributed by atoms with Crippen LogP contribution in [0.1, 0.15) is 47.5 Å². The molecule has 0 aromatic carbocycles. The van der Waals surface area contributed by atoms with Crippen molar-refractivity contribution < 1.29 is 33.4 Å². The molecule has 0 aromatic heterocycles. The van der Waals surface area contributed by atoms with Gasteiger partial charge in [0.05, 0.1) is 12.0 Å². The van der Waals surface area contributed by atoms with E-state index in [1.807, 2.05) is 0 Å². The molecule has 2 atom stereocenters. The Morgan fingerprint density at radius 3 is 2.04 bits per heavy atom. The van der Waals surface area contributed by atoms with E-state index in [0.717, 1.165) is 6.08 Å². The maximum Gasteiger partial charge on any atom is 0.410 e. The van der Waals surface area contributed by atoms with Crippen molar-refractivity contribution in [2.24, 2.45) is 5.92 Å². The topological polar surface area (TPSA) is 108 Å². The van der Waals surface area contributed by atoms with Crippen LogP contribution in [0.3, 0.4) is 0 Å². The molecule has 0 rings (SSSR count). The summed E-state index contributed by atoms with van der Waals surface area (Å²) in [6, 6.07) is -1.06. The molecule has 1 N–H and O–H groups in total. The van der Waals surface area contributed by atoms with Crippen molar-refractivity contribution in [3.8, 4) is 0 Å². The summed E-state index contributed by atoms with van der Waals surface area (Å²) >= 11 is 0. The predicted octanol–water partition coefficient (Wildman–Crippen LogP) is 2.11. The van der Waals surface area contributed by atoms with Crippen LogP contribution in [0.15, 0.2) is 12.7 Å². The van der Waals surface area contributed by atoms with Crippen LogP contribution in [0.5, 0.6) is 0 Å². The molecule has 25 heavy (non-hydrogen) atoms. The molecule has 0 aliphatic carbocycles. The van der Waals surface area contributed by atoms with Gasteiger partial charge < -0.3 is 19.5 Å². The quantitative estimate of drug-likeness (QED) is 0.362. The van der Waals surface area contributed by atoms with Crippen LogP contribution >= 0.6 is 0 Å². The van der Waals surface area contributed by atoms with E-state index in [-0.39, 0.29) is 30.6 Å². The van der Waals surface area contributed by atoms with Crippen molar-refractivity contribution in [1.29, 1.82) is 0 Å². The van der Waals surface area contributed by atoms with Crippen LogP contribution in [0, 0.1) is 5.92 Å². The molecule has 1 amide bonds. The fourth-order valence-electron chi connectivity index (χ4n) is 1.60. The van der Waals surface area contributed by atoms with E-state index >= 15 is 0 Å². The monoisotopic (exact) mass is 357 g/mol. The van der Waals surface area contributed by atoms with Crippen molar-refractivity contribution in [2.45, 2.75) is 65.9 Å². The van der Waals surface area contributed by atoms with E-state index in [4.69, 9.17) is 14.2 Å². The largest absolute Gasteiger partial charge is 0.461 e. The van der Waals surface area contributed by atoms with Crippen molar-refractivity contribution in [2.75, 3.05) is 0 Å². The number of nitrogens with one attached hydrogen (secondary N) is 1. The molecule has 8 heteroatoms. The summed E-state index contributed by atoms with van der Waals surface area (Å²) in [6.07, 6.45) is -1.27. The number of esters is 2. The second-order valence-corrected chi connectivity index (χ2v) is 5.96. The van der Waals surface area contributed by atoms with Gasteiger partial charge >= 0.3 is 18.0 Å². The summed E-state index contributed by atoms with van der Waals surface area (Å²) in [7, 11) is 0. The molecule has 0 saturated heterocycles. The molecule has 0 heterocycles. The number of rotatable bonds is 10.